The Balaban J connectivity index is 2.19. The molecule has 6 nitrogen and oxygen atoms in total. The minimum atomic E-state index is -0.486. The Morgan fingerprint density at radius 2 is 2.00 bits per heavy atom. The fourth-order valence-corrected chi connectivity index (χ4v) is 1.41. The number of phenols is 2. The lowest BCUT2D eigenvalue weighted by Gasteiger charge is -2.05. The second-order valence-electron chi connectivity index (χ2n) is 3.37. The molecule has 0 unspecified atom stereocenters. The zero-order valence-electron chi connectivity index (χ0n) is 8.96. The maximum atomic E-state index is 11.8. The van der Waals surface area contributed by atoms with Gasteiger partial charge >= 0.3 is 0 Å². The van der Waals surface area contributed by atoms with Crippen molar-refractivity contribution in [3.63, 3.8) is 0 Å². The van der Waals surface area contributed by atoms with Crippen LogP contribution >= 0.6 is 11.6 Å². The van der Waals surface area contributed by atoms with E-state index in [2.05, 4.69) is 15.3 Å². The molecule has 1 aromatic heterocycles. The molecule has 0 fully saturated rings. The summed E-state index contributed by atoms with van der Waals surface area (Å²) < 4.78 is 0. The topological polar surface area (TPSA) is 95.3 Å². The van der Waals surface area contributed by atoms with E-state index in [1.165, 1.54) is 24.4 Å². The van der Waals surface area contributed by atoms with Crippen LogP contribution in [0.4, 0.5) is 5.82 Å². The molecule has 7 heteroatoms. The Bertz CT molecular complexity index is 604. The van der Waals surface area contributed by atoms with Crippen LogP contribution in [0.25, 0.3) is 0 Å². The second-order valence-corrected chi connectivity index (χ2v) is 3.71. The molecule has 0 radical (unpaired) electrons. The van der Waals surface area contributed by atoms with Gasteiger partial charge in [0, 0.05) is 11.8 Å². The lowest BCUT2D eigenvalue weighted by molar-refractivity contribution is 0.102. The van der Waals surface area contributed by atoms with Crippen molar-refractivity contribution in [1.82, 2.24) is 9.97 Å². The molecule has 18 heavy (non-hydrogen) atoms. The highest BCUT2D eigenvalue weighted by Gasteiger charge is 2.09. The quantitative estimate of drug-likeness (QED) is 0.568. The summed E-state index contributed by atoms with van der Waals surface area (Å²) in [5.74, 6) is -0.910. The number of amides is 1. The summed E-state index contributed by atoms with van der Waals surface area (Å²) in [6.45, 7) is 0. The summed E-state index contributed by atoms with van der Waals surface area (Å²) >= 11 is 5.57. The molecule has 2 aromatic rings. The number of carbonyl (C=O) groups excluding carboxylic acids is 1. The molecule has 0 bridgehead atoms. The number of anilines is 1. The number of hydrogen-bond acceptors (Lipinski definition) is 5. The van der Waals surface area contributed by atoms with Gasteiger partial charge in [0.05, 0.1) is 0 Å². The van der Waals surface area contributed by atoms with Gasteiger partial charge in [0.25, 0.3) is 5.91 Å². The van der Waals surface area contributed by atoms with E-state index in [1.54, 1.807) is 0 Å². The number of aromatic nitrogens is 2. The molecule has 0 spiro atoms. The van der Waals surface area contributed by atoms with Gasteiger partial charge in [-0.3, -0.25) is 4.79 Å². The standard InChI is InChI=1S/C11H8ClN3O3/c12-11-13-4-3-9(15-11)14-10(18)6-1-2-7(16)8(17)5-6/h1-5,16-17H,(H,13,14,15,18). The Kier molecular flexibility index (Phi) is 3.29. The Hall–Kier alpha value is -2.34. The van der Waals surface area contributed by atoms with Crippen molar-refractivity contribution >= 4 is 23.3 Å². The molecule has 0 atom stereocenters. The van der Waals surface area contributed by atoms with Gasteiger partial charge in [-0.15, -0.1) is 0 Å². The summed E-state index contributed by atoms with van der Waals surface area (Å²) in [6.07, 6.45) is 1.40. The number of halogens is 1. The van der Waals surface area contributed by atoms with E-state index in [1.807, 2.05) is 0 Å². The lowest BCUT2D eigenvalue weighted by Crippen LogP contribution is -2.12. The van der Waals surface area contributed by atoms with E-state index in [4.69, 9.17) is 16.7 Å². The number of benzene rings is 1. The highest BCUT2D eigenvalue weighted by molar-refractivity contribution is 6.28. The summed E-state index contributed by atoms with van der Waals surface area (Å²) in [5, 5.41) is 20.9. The normalized spacial score (nSPS) is 10.1. The molecule has 2 rings (SSSR count). The molecule has 0 aliphatic rings. The summed E-state index contributed by atoms with van der Waals surface area (Å²) in [5.41, 5.74) is 0.181. The van der Waals surface area contributed by atoms with E-state index in [9.17, 15) is 9.90 Å². The van der Waals surface area contributed by atoms with Gasteiger partial charge in [-0.25, -0.2) is 9.97 Å². The predicted molar refractivity (Wildman–Crippen MR) is 64.8 cm³/mol. The zero-order chi connectivity index (χ0) is 13.1. The van der Waals surface area contributed by atoms with Gasteiger partial charge < -0.3 is 15.5 Å². The third-order valence-electron chi connectivity index (χ3n) is 2.11. The zero-order valence-corrected chi connectivity index (χ0v) is 9.72. The molecule has 0 saturated heterocycles. The van der Waals surface area contributed by atoms with Crippen molar-refractivity contribution in [3.05, 3.63) is 41.3 Å². The van der Waals surface area contributed by atoms with Crippen LogP contribution in [0.1, 0.15) is 10.4 Å². The van der Waals surface area contributed by atoms with E-state index in [-0.39, 0.29) is 28.2 Å². The first kappa shape index (κ1) is 12.1. The summed E-state index contributed by atoms with van der Waals surface area (Å²) in [6, 6.07) is 5.21. The number of hydrogen-bond donors (Lipinski definition) is 3. The van der Waals surface area contributed by atoms with Gasteiger partial charge in [0.1, 0.15) is 5.82 Å². The van der Waals surface area contributed by atoms with Crippen molar-refractivity contribution in [3.8, 4) is 11.5 Å². The summed E-state index contributed by atoms with van der Waals surface area (Å²) in [4.78, 5) is 19.2. The fraction of sp³-hybridized carbons (Fsp3) is 0. The van der Waals surface area contributed by atoms with Crippen molar-refractivity contribution < 1.29 is 15.0 Å². The first-order valence-corrected chi connectivity index (χ1v) is 5.26. The first-order valence-electron chi connectivity index (χ1n) is 4.88. The number of phenolic OH excluding ortho intramolecular Hbond substituents is 2. The van der Waals surface area contributed by atoms with E-state index in [0.29, 0.717) is 0 Å². The molecule has 1 aromatic carbocycles. The van der Waals surface area contributed by atoms with Crippen LogP contribution in [0.15, 0.2) is 30.5 Å². The average Bonchev–Trinajstić information content (AvgIpc) is 2.32. The maximum Gasteiger partial charge on any atom is 0.256 e. The molecule has 92 valence electrons. The molecule has 0 aliphatic carbocycles. The highest BCUT2D eigenvalue weighted by Crippen LogP contribution is 2.25. The number of carbonyl (C=O) groups is 1. The monoisotopic (exact) mass is 265 g/mol. The van der Waals surface area contributed by atoms with Crippen molar-refractivity contribution in [2.24, 2.45) is 0 Å². The number of aromatic hydroxyl groups is 2. The summed E-state index contributed by atoms with van der Waals surface area (Å²) in [7, 11) is 0. The van der Waals surface area contributed by atoms with Crippen LogP contribution in [0.3, 0.4) is 0 Å². The molecule has 0 aliphatic heterocycles. The predicted octanol–water partition coefficient (Wildman–Crippen LogP) is 1.79. The fourth-order valence-electron chi connectivity index (χ4n) is 1.26. The minimum Gasteiger partial charge on any atom is -0.504 e. The van der Waals surface area contributed by atoms with Gasteiger partial charge in [-0.1, -0.05) is 0 Å². The van der Waals surface area contributed by atoms with E-state index in [0.717, 1.165) is 6.07 Å². The smallest absolute Gasteiger partial charge is 0.256 e. The molecule has 1 heterocycles. The average molecular weight is 266 g/mol. The van der Waals surface area contributed by atoms with Crippen LogP contribution in [-0.2, 0) is 0 Å². The second kappa shape index (κ2) is 4.89. The van der Waals surface area contributed by atoms with Gasteiger partial charge in [-0.05, 0) is 35.9 Å². The third kappa shape index (κ3) is 2.67. The van der Waals surface area contributed by atoms with Gasteiger partial charge in [-0.2, -0.15) is 0 Å². The third-order valence-corrected chi connectivity index (χ3v) is 2.29. The lowest BCUT2D eigenvalue weighted by atomic mass is 10.2. The SMILES string of the molecule is O=C(Nc1ccnc(Cl)n1)c1ccc(O)c(O)c1. The van der Waals surface area contributed by atoms with E-state index >= 15 is 0 Å². The Labute approximate surface area is 107 Å². The molecular formula is C11H8ClN3O3. The van der Waals surface area contributed by atoms with Crippen molar-refractivity contribution in [2.75, 3.05) is 5.32 Å². The minimum absolute atomic E-state index is 0.0151. The van der Waals surface area contributed by atoms with Gasteiger partial charge in [0.2, 0.25) is 5.28 Å². The van der Waals surface area contributed by atoms with Crippen molar-refractivity contribution in [1.29, 1.82) is 0 Å². The number of nitrogens with one attached hydrogen (secondary N) is 1. The Morgan fingerprint density at radius 3 is 2.67 bits per heavy atom. The molecule has 3 N–H and O–H groups in total. The van der Waals surface area contributed by atoms with E-state index < -0.39 is 5.91 Å². The largest absolute Gasteiger partial charge is 0.504 e. The van der Waals surface area contributed by atoms with Gasteiger partial charge in [0.15, 0.2) is 11.5 Å². The van der Waals surface area contributed by atoms with Crippen LogP contribution in [-0.4, -0.2) is 26.1 Å². The molecular weight excluding hydrogens is 258 g/mol. The number of rotatable bonds is 2. The van der Waals surface area contributed by atoms with Crippen LogP contribution < -0.4 is 5.32 Å². The van der Waals surface area contributed by atoms with Crippen molar-refractivity contribution in [2.45, 2.75) is 0 Å². The highest BCUT2D eigenvalue weighted by atomic mass is 35.5. The van der Waals surface area contributed by atoms with Crippen LogP contribution in [0.5, 0.6) is 11.5 Å². The number of nitrogens with zero attached hydrogens (tertiary/aromatic N) is 2. The van der Waals surface area contributed by atoms with Crippen LogP contribution in [0, 0.1) is 0 Å². The van der Waals surface area contributed by atoms with Crippen LogP contribution in [0.2, 0.25) is 5.28 Å². The maximum absolute atomic E-state index is 11.8. The first-order chi connectivity index (χ1) is 8.56. The Morgan fingerprint density at radius 1 is 1.22 bits per heavy atom. The molecule has 1 amide bonds. The molecule has 0 saturated carbocycles.